The second-order valence-corrected chi connectivity index (χ2v) is 4.02. The summed E-state index contributed by atoms with van der Waals surface area (Å²) in [6.45, 7) is 7.34. The molecule has 1 heterocycles. The summed E-state index contributed by atoms with van der Waals surface area (Å²) in [6, 6.07) is 0. The molecule has 88 valence electrons. The molecule has 0 spiro atoms. The Balaban J connectivity index is 2.28. The van der Waals surface area contributed by atoms with Crippen LogP contribution in [0.2, 0.25) is 0 Å². The number of carbonyl (C=O) groups excluding carboxylic acids is 1. The lowest BCUT2D eigenvalue weighted by Crippen LogP contribution is -2.32. The SMILES string of the molecule is C=CCCCC=C1OC(=O)C1CCCC=C. The summed E-state index contributed by atoms with van der Waals surface area (Å²) in [4.78, 5) is 11.2. The molecule has 1 rings (SSSR count). The highest BCUT2D eigenvalue weighted by molar-refractivity contribution is 5.82. The minimum atomic E-state index is -0.0703. The van der Waals surface area contributed by atoms with Crippen molar-refractivity contribution in [2.75, 3.05) is 0 Å². The van der Waals surface area contributed by atoms with E-state index in [2.05, 4.69) is 13.2 Å². The first-order valence-corrected chi connectivity index (χ1v) is 5.93. The Morgan fingerprint density at radius 2 is 1.81 bits per heavy atom. The molecule has 0 amide bonds. The average molecular weight is 220 g/mol. The number of hydrogen-bond acceptors (Lipinski definition) is 2. The van der Waals surface area contributed by atoms with Gasteiger partial charge in [0.25, 0.3) is 0 Å². The minimum absolute atomic E-state index is 0.0173. The van der Waals surface area contributed by atoms with Gasteiger partial charge in [0, 0.05) is 0 Å². The van der Waals surface area contributed by atoms with Gasteiger partial charge in [-0.1, -0.05) is 12.2 Å². The molecule has 0 radical (unpaired) electrons. The topological polar surface area (TPSA) is 26.3 Å². The zero-order valence-electron chi connectivity index (χ0n) is 9.78. The van der Waals surface area contributed by atoms with Gasteiger partial charge in [-0.15, -0.1) is 13.2 Å². The normalized spacial score (nSPS) is 21.4. The maximum atomic E-state index is 11.2. The predicted molar refractivity (Wildman–Crippen MR) is 65.8 cm³/mol. The first-order valence-electron chi connectivity index (χ1n) is 5.93. The van der Waals surface area contributed by atoms with E-state index in [4.69, 9.17) is 4.74 Å². The summed E-state index contributed by atoms with van der Waals surface area (Å²) in [6.07, 6.45) is 11.8. The van der Waals surface area contributed by atoms with Crippen LogP contribution in [0.25, 0.3) is 0 Å². The number of ether oxygens (including phenoxy) is 1. The Morgan fingerprint density at radius 1 is 1.12 bits per heavy atom. The zero-order valence-corrected chi connectivity index (χ0v) is 9.78. The predicted octanol–water partition coefficient (Wildman–Crippen LogP) is 3.76. The Morgan fingerprint density at radius 3 is 2.44 bits per heavy atom. The van der Waals surface area contributed by atoms with Crippen molar-refractivity contribution in [3.05, 3.63) is 37.1 Å². The van der Waals surface area contributed by atoms with Gasteiger partial charge in [-0.25, -0.2) is 0 Å². The van der Waals surface area contributed by atoms with Crippen LogP contribution in [0.3, 0.4) is 0 Å². The molecule has 0 bridgehead atoms. The van der Waals surface area contributed by atoms with Crippen molar-refractivity contribution in [2.24, 2.45) is 5.92 Å². The van der Waals surface area contributed by atoms with Gasteiger partial charge in [-0.3, -0.25) is 4.79 Å². The summed E-state index contributed by atoms with van der Waals surface area (Å²) < 4.78 is 5.03. The van der Waals surface area contributed by atoms with Crippen LogP contribution in [0.5, 0.6) is 0 Å². The third kappa shape index (κ3) is 3.69. The molecule has 16 heavy (non-hydrogen) atoms. The lowest BCUT2D eigenvalue weighted by molar-refractivity contribution is -0.157. The molecule has 1 saturated heterocycles. The molecule has 1 aliphatic rings. The van der Waals surface area contributed by atoms with Crippen LogP contribution >= 0.6 is 0 Å². The summed E-state index contributed by atoms with van der Waals surface area (Å²) in [5, 5.41) is 0. The van der Waals surface area contributed by atoms with Crippen molar-refractivity contribution in [3.8, 4) is 0 Å². The molecule has 1 aliphatic heterocycles. The van der Waals surface area contributed by atoms with E-state index in [0.29, 0.717) is 0 Å². The van der Waals surface area contributed by atoms with Crippen LogP contribution in [0, 0.1) is 5.92 Å². The first-order chi connectivity index (χ1) is 7.79. The van der Waals surface area contributed by atoms with Crippen LogP contribution in [0.4, 0.5) is 0 Å². The second-order valence-electron chi connectivity index (χ2n) is 4.02. The Bertz CT molecular complexity index is 289. The molecule has 1 atom stereocenters. The van der Waals surface area contributed by atoms with Crippen molar-refractivity contribution in [1.29, 1.82) is 0 Å². The fraction of sp³-hybridized carbons (Fsp3) is 0.500. The fourth-order valence-electron chi connectivity index (χ4n) is 1.73. The van der Waals surface area contributed by atoms with Crippen molar-refractivity contribution < 1.29 is 9.53 Å². The smallest absolute Gasteiger partial charge is 0.321 e. The zero-order chi connectivity index (χ0) is 11.8. The Hall–Kier alpha value is -1.31. The van der Waals surface area contributed by atoms with E-state index in [1.165, 1.54) is 0 Å². The van der Waals surface area contributed by atoms with E-state index in [9.17, 15) is 4.79 Å². The van der Waals surface area contributed by atoms with Gasteiger partial charge >= 0.3 is 5.97 Å². The Labute approximate surface area is 97.7 Å². The minimum Gasteiger partial charge on any atom is -0.430 e. The fourth-order valence-corrected chi connectivity index (χ4v) is 1.73. The van der Waals surface area contributed by atoms with Crippen molar-refractivity contribution in [3.63, 3.8) is 0 Å². The lowest BCUT2D eigenvalue weighted by atomic mass is 9.94. The maximum absolute atomic E-state index is 11.2. The summed E-state index contributed by atoms with van der Waals surface area (Å²) >= 11 is 0. The third-order valence-electron chi connectivity index (χ3n) is 2.71. The molecule has 0 aliphatic carbocycles. The van der Waals surface area contributed by atoms with E-state index in [1.807, 2.05) is 18.2 Å². The molecule has 0 saturated carbocycles. The quantitative estimate of drug-likeness (QED) is 0.354. The van der Waals surface area contributed by atoms with Crippen molar-refractivity contribution >= 4 is 5.97 Å². The number of esters is 1. The van der Waals surface area contributed by atoms with Gasteiger partial charge in [0.1, 0.15) is 11.7 Å². The number of rotatable bonds is 8. The molecular formula is C14H20O2. The molecular weight excluding hydrogens is 200 g/mol. The van der Waals surface area contributed by atoms with E-state index in [0.717, 1.165) is 44.3 Å². The third-order valence-corrected chi connectivity index (χ3v) is 2.71. The number of cyclic esters (lactones) is 1. The maximum Gasteiger partial charge on any atom is 0.321 e. The Kier molecular flexibility index (Phi) is 5.62. The molecule has 1 unspecified atom stereocenters. The lowest BCUT2D eigenvalue weighted by Gasteiger charge is -2.27. The summed E-state index contributed by atoms with van der Waals surface area (Å²) in [7, 11) is 0. The molecule has 0 N–H and O–H groups in total. The van der Waals surface area contributed by atoms with E-state index in [-0.39, 0.29) is 11.9 Å². The van der Waals surface area contributed by atoms with Crippen molar-refractivity contribution in [2.45, 2.75) is 38.5 Å². The number of hydrogen-bond donors (Lipinski definition) is 0. The van der Waals surface area contributed by atoms with Gasteiger partial charge < -0.3 is 4.74 Å². The largest absolute Gasteiger partial charge is 0.430 e. The van der Waals surface area contributed by atoms with Gasteiger partial charge in [0.05, 0.1) is 0 Å². The number of carbonyl (C=O) groups is 1. The molecule has 0 aromatic rings. The molecule has 2 heteroatoms. The molecule has 1 fully saturated rings. The van der Waals surface area contributed by atoms with Crippen LogP contribution in [0.1, 0.15) is 38.5 Å². The standard InChI is InChI=1S/C14H20O2/c1-3-5-7-9-11-13-12(14(15)16-13)10-8-6-4-2/h3-4,11-12H,1-2,5-10H2. The van der Waals surface area contributed by atoms with Crippen molar-refractivity contribution in [1.82, 2.24) is 0 Å². The second kappa shape index (κ2) is 7.04. The van der Waals surface area contributed by atoms with Crippen LogP contribution in [0.15, 0.2) is 37.1 Å². The highest BCUT2D eigenvalue weighted by atomic mass is 16.6. The summed E-state index contributed by atoms with van der Waals surface area (Å²) in [5.74, 6) is 0.820. The molecule has 0 aromatic carbocycles. The van der Waals surface area contributed by atoms with Crippen LogP contribution in [-0.2, 0) is 9.53 Å². The van der Waals surface area contributed by atoms with Gasteiger partial charge in [-0.05, 0) is 44.6 Å². The van der Waals surface area contributed by atoms with Gasteiger partial charge in [0.15, 0.2) is 0 Å². The van der Waals surface area contributed by atoms with Crippen LogP contribution in [-0.4, -0.2) is 5.97 Å². The average Bonchev–Trinajstić information content (AvgIpc) is 2.28. The molecule has 0 aromatic heterocycles. The summed E-state index contributed by atoms with van der Waals surface area (Å²) in [5.41, 5.74) is 0. The van der Waals surface area contributed by atoms with Gasteiger partial charge in [-0.2, -0.15) is 0 Å². The first kappa shape index (κ1) is 12.8. The highest BCUT2D eigenvalue weighted by Crippen LogP contribution is 2.31. The van der Waals surface area contributed by atoms with E-state index >= 15 is 0 Å². The number of allylic oxidation sites excluding steroid dienone is 3. The van der Waals surface area contributed by atoms with Gasteiger partial charge in [0.2, 0.25) is 0 Å². The monoisotopic (exact) mass is 220 g/mol. The van der Waals surface area contributed by atoms with E-state index in [1.54, 1.807) is 0 Å². The van der Waals surface area contributed by atoms with Crippen LogP contribution < -0.4 is 0 Å². The molecule has 2 nitrogen and oxygen atoms in total. The van der Waals surface area contributed by atoms with E-state index < -0.39 is 0 Å². The highest BCUT2D eigenvalue weighted by Gasteiger charge is 2.36. The number of unbranched alkanes of at least 4 members (excludes halogenated alkanes) is 3.